The largest absolute Gasteiger partial charge is 0.401 e. The van der Waals surface area contributed by atoms with Crippen molar-refractivity contribution in [3.8, 4) is 0 Å². The van der Waals surface area contributed by atoms with Crippen molar-refractivity contribution in [3.63, 3.8) is 0 Å². The Labute approximate surface area is 121 Å². The number of hydrogen-bond acceptors (Lipinski definition) is 5. The molecule has 0 bridgehead atoms. The second kappa shape index (κ2) is 6.33. The highest BCUT2D eigenvalue weighted by molar-refractivity contribution is 5.18. The van der Waals surface area contributed by atoms with Gasteiger partial charge < -0.3 is 20.9 Å². The molecule has 3 aliphatic rings. The van der Waals surface area contributed by atoms with Crippen LogP contribution in [-0.2, 0) is 9.47 Å². The van der Waals surface area contributed by atoms with E-state index in [1.165, 1.54) is 12.8 Å². The molecule has 4 N–H and O–H groups in total. The first-order valence-corrected chi connectivity index (χ1v) is 7.95. The van der Waals surface area contributed by atoms with Crippen molar-refractivity contribution in [1.29, 1.82) is 0 Å². The zero-order valence-corrected chi connectivity index (χ0v) is 12.2. The molecule has 0 aromatic rings. The molecule has 2 unspecified atom stereocenters. The summed E-state index contributed by atoms with van der Waals surface area (Å²) in [6.45, 7) is 4.00. The lowest BCUT2D eigenvalue weighted by atomic mass is 10.1. The van der Waals surface area contributed by atoms with E-state index in [1.807, 2.05) is 0 Å². The van der Waals surface area contributed by atoms with E-state index in [-0.39, 0.29) is 6.10 Å². The number of nitrogens with two attached hydrogens (primary N) is 2. The fourth-order valence-corrected chi connectivity index (χ4v) is 3.62. The van der Waals surface area contributed by atoms with Crippen molar-refractivity contribution < 1.29 is 9.47 Å². The van der Waals surface area contributed by atoms with Gasteiger partial charge in [-0.2, -0.15) is 0 Å². The summed E-state index contributed by atoms with van der Waals surface area (Å²) in [5.74, 6) is 0. The molecule has 3 rings (SSSR count). The summed E-state index contributed by atoms with van der Waals surface area (Å²) in [6.07, 6.45) is 6.91. The molecule has 2 aliphatic heterocycles. The van der Waals surface area contributed by atoms with Crippen LogP contribution in [0, 0.1) is 0 Å². The predicted molar refractivity (Wildman–Crippen MR) is 77.9 cm³/mol. The normalized spacial score (nSPS) is 36.5. The summed E-state index contributed by atoms with van der Waals surface area (Å²) in [6, 6.07) is 0.674. The van der Waals surface area contributed by atoms with Crippen LogP contribution in [0.5, 0.6) is 0 Å². The van der Waals surface area contributed by atoms with Crippen LogP contribution < -0.4 is 11.5 Å². The van der Waals surface area contributed by atoms with Gasteiger partial charge in [-0.1, -0.05) is 0 Å². The van der Waals surface area contributed by atoms with Crippen LogP contribution in [0.4, 0.5) is 0 Å². The van der Waals surface area contributed by atoms with Crippen LogP contribution in [0.3, 0.4) is 0 Å². The fourth-order valence-electron chi connectivity index (χ4n) is 3.62. The summed E-state index contributed by atoms with van der Waals surface area (Å²) in [5, 5.41) is 0. The van der Waals surface area contributed by atoms with E-state index >= 15 is 0 Å². The van der Waals surface area contributed by atoms with Crippen molar-refractivity contribution in [2.45, 2.75) is 56.8 Å². The van der Waals surface area contributed by atoms with Gasteiger partial charge in [0.05, 0.1) is 17.9 Å². The number of allylic oxidation sites excluding steroid dienone is 1. The second-order valence-corrected chi connectivity index (χ2v) is 6.25. The third-order valence-electron chi connectivity index (χ3n) is 4.86. The molecule has 114 valence electrons. The molecule has 2 saturated heterocycles. The molecule has 1 aliphatic carbocycles. The average Bonchev–Trinajstić information content (AvgIpc) is 2.91. The number of rotatable bonds is 3. The Balaban J connectivity index is 1.49. The Morgan fingerprint density at radius 2 is 2.00 bits per heavy atom. The minimum Gasteiger partial charge on any atom is -0.401 e. The molecular weight excluding hydrogens is 254 g/mol. The summed E-state index contributed by atoms with van der Waals surface area (Å²) >= 11 is 0. The molecule has 20 heavy (non-hydrogen) atoms. The second-order valence-electron chi connectivity index (χ2n) is 6.25. The Morgan fingerprint density at radius 1 is 1.10 bits per heavy atom. The first-order chi connectivity index (χ1) is 9.74. The van der Waals surface area contributed by atoms with Crippen molar-refractivity contribution >= 4 is 0 Å². The van der Waals surface area contributed by atoms with Crippen LogP contribution >= 0.6 is 0 Å². The quantitative estimate of drug-likeness (QED) is 0.805. The number of nitrogens with zero attached hydrogens (tertiary/aromatic N) is 1. The molecule has 3 atom stereocenters. The van der Waals surface area contributed by atoms with E-state index in [4.69, 9.17) is 20.9 Å². The van der Waals surface area contributed by atoms with Gasteiger partial charge in [-0.15, -0.1) is 0 Å². The smallest absolute Gasteiger partial charge is 0.0992 e. The van der Waals surface area contributed by atoms with E-state index in [1.54, 1.807) is 0 Å². The predicted octanol–water partition coefficient (Wildman–Crippen LogP) is 0.938. The highest BCUT2D eigenvalue weighted by Gasteiger charge is 2.32. The van der Waals surface area contributed by atoms with E-state index in [2.05, 4.69) is 4.90 Å². The van der Waals surface area contributed by atoms with E-state index in [0.29, 0.717) is 12.1 Å². The Hall–Kier alpha value is -0.780. The topological polar surface area (TPSA) is 73.7 Å². The van der Waals surface area contributed by atoms with Crippen LogP contribution in [0.25, 0.3) is 0 Å². The van der Waals surface area contributed by atoms with E-state index in [0.717, 1.165) is 63.4 Å². The zero-order valence-electron chi connectivity index (χ0n) is 12.2. The average molecular weight is 281 g/mol. The lowest BCUT2D eigenvalue weighted by Gasteiger charge is -2.26. The first kappa shape index (κ1) is 14.2. The monoisotopic (exact) mass is 281 g/mol. The molecule has 2 heterocycles. The van der Waals surface area contributed by atoms with Gasteiger partial charge in [0.2, 0.25) is 0 Å². The molecule has 0 spiro atoms. The zero-order chi connectivity index (χ0) is 13.9. The summed E-state index contributed by atoms with van der Waals surface area (Å²) in [7, 11) is 0. The number of ether oxygens (including phenoxy) is 2. The molecule has 2 fully saturated rings. The van der Waals surface area contributed by atoms with Crippen LogP contribution in [0.2, 0.25) is 0 Å². The van der Waals surface area contributed by atoms with Crippen LogP contribution in [0.15, 0.2) is 11.4 Å². The lowest BCUT2D eigenvalue weighted by Crippen LogP contribution is -2.35. The molecule has 0 saturated carbocycles. The lowest BCUT2D eigenvalue weighted by molar-refractivity contribution is 0.0103. The summed E-state index contributed by atoms with van der Waals surface area (Å²) in [5.41, 5.74) is 13.4. The maximum absolute atomic E-state index is 6.17. The van der Waals surface area contributed by atoms with Gasteiger partial charge >= 0.3 is 0 Å². The van der Waals surface area contributed by atoms with E-state index in [9.17, 15) is 0 Å². The Morgan fingerprint density at radius 3 is 2.80 bits per heavy atom. The fraction of sp³-hybridized carbons (Fsp3) is 0.867. The van der Waals surface area contributed by atoms with Gasteiger partial charge in [-0.25, -0.2) is 0 Å². The number of hydrogen-bond donors (Lipinski definition) is 2. The minimum absolute atomic E-state index is 0.0532. The molecule has 5 nitrogen and oxygen atoms in total. The molecule has 0 aromatic carbocycles. The van der Waals surface area contributed by atoms with Gasteiger partial charge in [0.25, 0.3) is 0 Å². The van der Waals surface area contributed by atoms with Crippen molar-refractivity contribution in [3.05, 3.63) is 11.4 Å². The third kappa shape index (κ3) is 3.10. The highest BCUT2D eigenvalue weighted by atomic mass is 16.5. The molecule has 0 amide bonds. The van der Waals surface area contributed by atoms with Gasteiger partial charge in [0.1, 0.15) is 0 Å². The molecular formula is C15H27N3O2. The van der Waals surface area contributed by atoms with Crippen LogP contribution in [-0.4, -0.2) is 49.5 Å². The van der Waals surface area contributed by atoms with Crippen LogP contribution in [0.1, 0.15) is 38.5 Å². The SMILES string of the molecule is NC1=C(N)C(O[C@@H]2CCN(C3CCCOCC3)C2)CC1. The highest BCUT2D eigenvalue weighted by Crippen LogP contribution is 2.27. The van der Waals surface area contributed by atoms with E-state index < -0.39 is 0 Å². The standard InChI is InChI=1S/C15H27N3O2/c16-13-3-4-14(15(13)17)20-12-5-7-18(10-12)11-2-1-8-19-9-6-11/h11-12,14H,1-10,16-17H2/t11?,12-,14?/m1/s1. The Kier molecular flexibility index (Phi) is 4.48. The Bertz CT molecular complexity index is 364. The number of likely N-dealkylation sites (tertiary alicyclic amines) is 1. The van der Waals surface area contributed by atoms with Crippen molar-refractivity contribution in [2.24, 2.45) is 11.5 Å². The van der Waals surface area contributed by atoms with Crippen molar-refractivity contribution in [2.75, 3.05) is 26.3 Å². The van der Waals surface area contributed by atoms with Gasteiger partial charge in [0, 0.05) is 38.0 Å². The van der Waals surface area contributed by atoms with Gasteiger partial charge in [-0.05, 0) is 38.5 Å². The van der Waals surface area contributed by atoms with Gasteiger partial charge in [0.15, 0.2) is 0 Å². The van der Waals surface area contributed by atoms with Gasteiger partial charge in [-0.3, -0.25) is 4.90 Å². The maximum Gasteiger partial charge on any atom is 0.0992 e. The third-order valence-corrected chi connectivity index (χ3v) is 4.86. The summed E-state index contributed by atoms with van der Waals surface area (Å²) in [4.78, 5) is 2.58. The first-order valence-electron chi connectivity index (χ1n) is 7.95. The molecule has 5 heteroatoms. The summed E-state index contributed by atoms with van der Waals surface area (Å²) < 4.78 is 11.7. The minimum atomic E-state index is 0.0532. The molecule has 0 aromatic heterocycles. The van der Waals surface area contributed by atoms with Crippen molar-refractivity contribution in [1.82, 2.24) is 4.90 Å². The maximum atomic E-state index is 6.17. The molecule has 0 radical (unpaired) electrons.